The van der Waals surface area contributed by atoms with Gasteiger partial charge < -0.3 is 10.1 Å². The summed E-state index contributed by atoms with van der Waals surface area (Å²) in [7, 11) is 0. The number of carbonyl (C=O) groups excluding carboxylic acids is 1. The molecule has 0 aliphatic rings. The molecule has 0 saturated carbocycles. The van der Waals surface area contributed by atoms with Crippen molar-refractivity contribution in [1.29, 1.82) is 0 Å². The molecule has 0 aliphatic carbocycles. The van der Waals surface area contributed by atoms with Crippen LogP contribution in [0.3, 0.4) is 0 Å². The van der Waals surface area contributed by atoms with Crippen molar-refractivity contribution in [3.05, 3.63) is 52.4 Å². The van der Waals surface area contributed by atoms with Gasteiger partial charge >= 0.3 is 0 Å². The van der Waals surface area contributed by atoms with Crippen LogP contribution < -0.4 is 15.6 Å². The molecule has 0 bridgehead atoms. The van der Waals surface area contributed by atoms with Crippen molar-refractivity contribution in [2.24, 2.45) is 0 Å². The molecule has 2 rings (SSSR count). The minimum absolute atomic E-state index is 0.194. The summed E-state index contributed by atoms with van der Waals surface area (Å²) in [4.78, 5) is 23.9. The highest BCUT2D eigenvalue weighted by Gasteiger charge is 2.12. The van der Waals surface area contributed by atoms with Crippen LogP contribution in [0.2, 0.25) is 0 Å². The maximum absolute atomic E-state index is 12.3. The zero-order chi connectivity index (χ0) is 15.9. The molecule has 6 nitrogen and oxygen atoms in total. The maximum Gasteiger partial charge on any atom is 0.276 e. The van der Waals surface area contributed by atoms with Gasteiger partial charge in [0.05, 0.1) is 12.3 Å². The zero-order valence-electron chi connectivity index (χ0n) is 12.7. The Morgan fingerprint density at radius 2 is 2.00 bits per heavy atom. The number of rotatable bonds is 6. The van der Waals surface area contributed by atoms with Gasteiger partial charge in [-0.25, -0.2) is 4.68 Å². The van der Waals surface area contributed by atoms with Crippen molar-refractivity contribution in [3.8, 4) is 5.75 Å². The van der Waals surface area contributed by atoms with E-state index in [1.807, 2.05) is 26.0 Å². The SMILES string of the molecule is CCCn1nc(C(=O)Nc2ccccc2OCC)ccc1=O. The third-order valence-electron chi connectivity index (χ3n) is 2.97. The summed E-state index contributed by atoms with van der Waals surface area (Å²) in [6, 6.07) is 9.96. The molecule has 0 radical (unpaired) electrons. The van der Waals surface area contributed by atoms with Gasteiger partial charge in [0.25, 0.3) is 11.5 Å². The number of carbonyl (C=O) groups is 1. The standard InChI is InChI=1S/C16H19N3O3/c1-3-11-19-15(20)10-9-13(18-19)16(21)17-12-7-5-6-8-14(12)22-4-2/h5-10H,3-4,11H2,1-2H3,(H,17,21). The number of amides is 1. The quantitative estimate of drug-likeness (QED) is 0.888. The Labute approximate surface area is 128 Å². The van der Waals surface area contributed by atoms with Gasteiger partial charge in [0.1, 0.15) is 11.4 Å². The molecule has 6 heteroatoms. The summed E-state index contributed by atoms with van der Waals surface area (Å²) in [6.07, 6.45) is 0.769. The Hall–Kier alpha value is -2.63. The van der Waals surface area contributed by atoms with Crippen molar-refractivity contribution < 1.29 is 9.53 Å². The monoisotopic (exact) mass is 301 g/mol. The molecule has 0 spiro atoms. The number of anilines is 1. The van der Waals surface area contributed by atoms with Gasteiger partial charge in [-0.15, -0.1) is 0 Å². The topological polar surface area (TPSA) is 73.2 Å². The zero-order valence-corrected chi connectivity index (χ0v) is 12.7. The molecule has 1 amide bonds. The van der Waals surface area contributed by atoms with E-state index in [2.05, 4.69) is 10.4 Å². The second-order valence-corrected chi connectivity index (χ2v) is 4.66. The fourth-order valence-corrected chi connectivity index (χ4v) is 1.98. The van der Waals surface area contributed by atoms with Crippen LogP contribution in [0.1, 0.15) is 30.8 Å². The summed E-state index contributed by atoms with van der Waals surface area (Å²) in [5.74, 6) is 0.220. The highest BCUT2D eigenvalue weighted by molar-refractivity contribution is 6.03. The van der Waals surface area contributed by atoms with Gasteiger partial charge in [0, 0.05) is 12.6 Å². The highest BCUT2D eigenvalue weighted by atomic mass is 16.5. The van der Waals surface area contributed by atoms with Crippen LogP contribution in [-0.2, 0) is 6.54 Å². The summed E-state index contributed by atoms with van der Waals surface area (Å²) >= 11 is 0. The van der Waals surface area contributed by atoms with Gasteiger partial charge in [-0.3, -0.25) is 9.59 Å². The lowest BCUT2D eigenvalue weighted by Crippen LogP contribution is -2.26. The van der Waals surface area contributed by atoms with Gasteiger partial charge in [0.2, 0.25) is 0 Å². The van der Waals surface area contributed by atoms with E-state index in [0.717, 1.165) is 6.42 Å². The number of hydrogen-bond donors (Lipinski definition) is 1. The van der Waals surface area contributed by atoms with E-state index in [1.54, 1.807) is 12.1 Å². The fraction of sp³-hybridized carbons (Fsp3) is 0.312. The number of para-hydroxylation sites is 2. The molecule has 1 heterocycles. The first-order valence-corrected chi connectivity index (χ1v) is 7.27. The van der Waals surface area contributed by atoms with Gasteiger partial charge in [-0.1, -0.05) is 19.1 Å². The molecule has 2 aromatic rings. The van der Waals surface area contributed by atoms with Gasteiger partial charge in [0.15, 0.2) is 0 Å². The van der Waals surface area contributed by atoms with Gasteiger partial charge in [-0.2, -0.15) is 5.10 Å². The predicted molar refractivity (Wildman–Crippen MR) is 84.4 cm³/mol. The maximum atomic E-state index is 12.3. The van der Waals surface area contributed by atoms with E-state index in [-0.39, 0.29) is 17.2 Å². The molecule has 1 aromatic heterocycles. The number of hydrogen-bond acceptors (Lipinski definition) is 4. The highest BCUT2D eigenvalue weighted by Crippen LogP contribution is 2.23. The fourth-order valence-electron chi connectivity index (χ4n) is 1.98. The van der Waals surface area contributed by atoms with Crippen LogP contribution in [0.5, 0.6) is 5.75 Å². The lowest BCUT2D eigenvalue weighted by Gasteiger charge is -2.11. The summed E-state index contributed by atoms with van der Waals surface area (Å²) < 4.78 is 6.76. The largest absolute Gasteiger partial charge is 0.492 e. The van der Waals surface area contributed by atoms with Crippen molar-refractivity contribution in [3.63, 3.8) is 0 Å². The van der Waals surface area contributed by atoms with Crippen LogP contribution in [-0.4, -0.2) is 22.3 Å². The minimum Gasteiger partial charge on any atom is -0.492 e. The Morgan fingerprint density at radius 3 is 2.73 bits per heavy atom. The molecule has 116 valence electrons. The molecular weight excluding hydrogens is 282 g/mol. The van der Waals surface area contributed by atoms with E-state index in [1.165, 1.54) is 16.8 Å². The lowest BCUT2D eigenvalue weighted by atomic mass is 10.2. The van der Waals surface area contributed by atoms with Crippen LogP contribution in [0.4, 0.5) is 5.69 Å². The third kappa shape index (κ3) is 3.72. The number of nitrogens with zero attached hydrogens (tertiary/aromatic N) is 2. The Balaban J connectivity index is 2.22. The van der Waals surface area contributed by atoms with Crippen LogP contribution in [0.25, 0.3) is 0 Å². The van der Waals surface area contributed by atoms with E-state index in [0.29, 0.717) is 24.6 Å². The minimum atomic E-state index is -0.378. The summed E-state index contributed by atoms with van der Waals surface area (Å²) in [5.41, 5.74) is 0.553. The number of benzene rings is 1. The van der Waals surface area contributed by atoms with Crippen LogP contribution in [0, 0.1) is 0 Å². The van der Waals surface area contributed by atoms with E-state index in [4.69, 9.17) is 4.74 Å². The first-order valence-electron chi connectivity index (χ1n) is 7.27. The first-order chi connectivity index (χ1) is 10.7. The average Bonchev–Trinajstić information content (AvgIpc) is 2.52. The first kappa shape index (κ1) is 15.8. The molecular formula is C16H19N3O3. The molecule has 0 unspecified atom stereocenters. The number of aromatic nitrogens is 2. The van der Waals surface area contributed by atoms with Crippen molar-refractivity contribution >= 4 is 11.6 Å². The summed E-state index contributed by atoms with van der Waals surface area (Å²) in [5, 5.41) is 6.84. The number of aryl methyl sites for hydroxylation is 1. The second kappa shape index (κ2) is 7.40. The Kier molecular flexibility index (Phi) is 5.30. The van der Waals surface area contributed by atoms with E-state index in [9.17, 15) is 9.59 Å². The third-order valence-corrected chi connectivity index (χ3v) is 2.97. The average molecular weight is 301 g/mol. The molecule has 1 aromatic carbocycles. The van der Waals surface area contributed by atoms with Crippen LogP contribution >= 0.6 is 0 Å². The molecule has 0 saturated heterocycles. The smallest absolute Gasteiger partial charge is 0.276 e. The second-order valence-electron chi connectivity index (χ2n) is 4.66. The Morgan fingerprint density at radius 1 is 1.23 bits per heavy atom. The molecule has 0 aliphatic heterocycles. The lowest BCUT2D eigenvalue weighted by molar-refractivity contribution is 0.101. The molecule has 0 fully saturated rings. The number of nitrogens with one attached hydrogen (secondary N) is 1. The normalized spacial score (nSPS) is 10.3. The summed E-state index contributed by atoms with van der Waals surface area (Å²) in [6.45, 7) is 4.81. The van der Waals surface area contributed by atoms with E-state index >= 15 is 0 Å². The predicted octanol–water partition coefficient (Wildman–Crippen LogP) is 2.30. The van der Waals surface area contributed by atoms with E-state index < -0.39 is 0 Å². The molecule has 22 heavy (non-hydrogen) atoms. The molecule has 1 N–H and O–H groups in total. The Bertz CT molecular complexity index is 710. The molecule has 0 atom stereocenters. The van der Waals surface area contributed by atoms with Crippen molar-refractivity contribution in [2.75, 3.05) is 11.9 Å². The number of ether oxygens (including phenoxy) is 1. The van der Waals surface area contributed by atoms with Gasteiger partial charge in [-0.05, 0) is 31.5 Å². The van der Waals surface area contributed by atoms with Crippen LogP contribution in [0.15, 0.2) is 41.2 Å². The van der Waals surface area contributed by atoms with Crippen molar-refractivity contribution in [1.82, 2.24) is 9.78 Å². The van der Waals surface area contributed by atoms with Crippen molar-refractivity contribution in [2.45, 2.75) is 26.8 Å².